The van der Waals surface area contributed by atoms with E-state index in [1.807, 2.05) is 0 Å². The average molecular weight is 519 g/mol. The molecule has 0 bridgehead atoms. The van der Waals surface area contributed by atoms with Gasteiger partial charge in [0.2, 0.25) is 0 Å². The molecule has 6 heteroatoms. The molecule has 0 heterocycles. The number of Topliss-reactive ketones (excluding diaryl/α,β-unsaturated/α-hetero) is 1. The molecule has 210 valence electrons. The van der Waals surface area contributed by atoms with Crippen molar-refractivity contribution >= 4 is 17.7 Å². The van der Waals surface area contributed by atoms with Gasteiger partial charge in [0, 0.05) is 31.1 Å². The Morgan fingerprint density at radius 1 is 1.11 bits per heavy atom. The highest BCUT2D eigenvalue weighted by atomic mass is 16.5. The highest BCUT2D eigenvalue weighted by molar-refractivity contribution is 5.86. The molecule has 0 aliphatic heterocycles. The Balaban J connectivity index is 1.70. The van der Waals surface area contributed by atoms with Crippen molar-refractivity contribution in [1.82, 2.24) is 0 Å². The number of methoxy groups -OCH3 is 1. The number of aliphatic hydroxyl groups excluding tert-OH is 1. The minimum Gasteiger partial charge on any atom is -0.469 e. The average Bonchev–Trinajstić information content (AvgIpc) is 3.20. The van der Waals surface area contributed by atoms with E-state index in [4.69, 9.17) is 9.47 Å². The first-order chi connectivity index (χ1) is 17.4. The molecule has 12 atom stereocenters. The first kappa shape index (κ1) is 28.6. The quantitative estimate of drug-likeness (QED) is 0.442. The predicted molar refractivity (Wildman–Crippen MR) is 141 cm³/mol. The van der Waals surface area contributed by atoms with E-state index in [-0.39, 0.29) is 64.4 Å². The smallest absolute Gasteiger partial charge is 0.305 e. The van der Waals surface area contributed by atoms with E-state index >= 15 is 0 Å². The number of hydrogen-bond acceptors (Lipinski definition) is 6. The Morgan fingerprint density at radius 2 is 1.81 bits per heavy atom. The van der Waals surface area contributed by atoms with Crippen LogP contribution in [0.25, 0.3) is 0 Å². The van der Waals surface area contributed by atoms with Crippen LogP contribution in [0.15, 0.2) is 0 Å². The molecule has 4 fully saturated rings. The number of hydrogen-bond donors (Lipinski definition) is 1. The number of carbonyl (C=O) groups is 3. The Bertz CT molecular complexity index is 885. The number of rotatable bonds is 7. The van der Waals surface area contributed by atoms with E-state index < -0.39 is 6.10 Å². The van der Waals surface area contributed by atoms with Gasteiger partial charge in [-0.25, -0.2) is 0 Å². The van der Waals surface area contributed by atoms with Gasteiger partial charge in [0.25, 0.3) is 0 Å². The zero-order valence-corrected chi connectivity index (χ0v) is 24.1. The first-order valence-electron chi connectivity index (χ1n) is 14.9. The van der Waals surface area contributed by atoms with Crippen LogP contribution >= 0.6 is 0 Å². The van der Waals surface area contributed by atoms with Gasteiger partial charge >= 0.3 is 11.9 Å². The minimum atomic E-state index is -0.524. The standard InChI is InChI=1S/C31H50O6/c1-8-20-24-16-19(37-18(4)32)14-15-30(24,5)27-26(28(20)34)23-12-11-22(17(3)10-13-25(33)36-7)31(23,6)21(9-2)29(27)35/h17,19-24,26-27,29,35H,8-16H2,1-7H3/t17-,19-,20-,21+,22-,23?,24+,26?,27?,29+,30+,31-/m1/s1. The van der Waals surface area contributed by atoms with Crippen LogP contribution in [-0.2, 0) is 23.9 Å². The fourth-order valence-corrected chi connectivity index (χ4v) is 10.5. The van der Waals surface area contributed by atoms with Crippen molar-refractivity contribution in [2.45, 2.75) is 112 Å². The van der Waals surface area contributed by atoms with Gasteiger partial charge in [-0.15, -0.1) is 0 Å². The van der Waals surface area contributed by atoms with Gasteiger partial charge in [-0.2, -0.15) is 0 Å². The number of carbonyl (C=O) groups excluding carboxylic acids is 3. The maximum absolute atomic E-state index is 14.4. The molecule has 37 heavy (non-hydrogen) atoms. The second-order valence-electron chi connectivity index (χ2n) is 13.3. The van der Waals surface area contributed by atoms with Crippen molar-refractivity contribution in [3.63, 3.8) is 0 Å². The highest BCUT2D eigenvalue weighted by Crippen LogP contribution is 2.70. The zero-order valence-electron chi connectivity index (χ0n) is 24.1. The van der Waals surface area contributed by atoms with Crippen LogP contribution in [0.4, 0.5) is 0 Å². The topological polar surface area (TPSA) is 89.9 Å². The van der Waals surface area contributed by atoms with Crippen molar-refractivity contribution in [1.29, 1.82) is 0 Å². The van der Waals surface area contributed by atoms with E-state index in [0.717, 1.165) is 51.4 Å². The number of fused-ring (bicyclic) bond motifs is 5. The lowest BCUT2D eigenvalue weighted by atomic mass is 9.39. The summed E-state index contributed by atoms with van der Waals surface area (Å²) in [7, 11) is 1.44. The normalized spacial score (nSPS) is 45.8. The summed E-state index contributed by atoms with van der Waals surface area (Å²) in [5.41, 5.74) is -0.268. The summed E-state index contributed by atoms with van der Waals surface area (Å²) in [5.74, 6) is 0.964. The summed E-state index contributed by atoms with van der Waals surface area (Å²) in [6.45, 7) is 12.7. The third-order valence-corrected chi connectivity index (χ3v) is 12.0. The van der Waals surface area contributed by atoms with Gasteiger partial charge in [-0.3, -0.25) is 14.4 Å². The molecule has 4 saturated carbocycles. The molecule has 0 aromatic carbocycles. The lowest BCUT2D eigenvalue weighted by Crippen LogP contribution is -2.67. The number of aliphatic hydroxyl groups is 1. The Kier molecular flexibility index (Phi) is 8.20. The summed E-state index contributed by atoms with van der Waals surface area (Å²) in [4.78, 5) is 38.0. The summed E-state index contributed by atoms with van der Waals surface area (Å²) >= 11 is 0. The highest BCUT2D eigenvalue weighted by Gasteiger charge is 2.70. The maximum Gasteiger partial charge on any atom is 0.305 e. The van der Waals surface area contributed by atoms with Gasteiger partial charge in [-0.05, 0) is 85.4 Å². The molecule has 0 amide bonds. The predicted octanol–water partition coefficient (Wildman–Crippen LogP) is 5.59. The molecule has 6 nitrogen and oxygen atoms in total. The SMILES string of the molecule is CC[C@H]1C(=O)C2C3CC[C@H]([C@H](C)CCC(=O)OC)[C@@]3(C)[C@@H](CC)[C@H](O)C2[C@@]2(C)CC[C@@H](OC(C)=O)C[C@@H]12. The van der Waals surface area contributed by atoms with Crippen LogP contribution in [0.1, 0.15) is 99.3 Å². The minimum absolute atomic E-state index is 0.0433. The van der Waals surface area contributed by atoms with E-state index in [2.05, 4.69) is 34.6 Å². The van der Waals surface area contributed by atoms with Crippen LogP contribution < -0.4 is 0 Å². The van der Waals surface area contributed by atoms with E-state index in [1.54, 1.807) is 0 Å². The summed E-state index contributed by atoms with van der Waals surface area (Å²) < 4.78 is 10.5. The van der Waals surface area contributed by atoms with E-state index in [9.17, 15) is 19.5 Å². The molecule has 4 rings (SSSR count). The number of ether oxygens (including phenoxy) is 2. The lowest BCUT2D eigenvalue weighted by molar-refractivity contribution is -0.219. The van der Waals surface area contributed by atoms with Gasteiger partial charge in [0.1, 0.15) is 11.9 Å². The van der Waals surface area contributed by atoms with Crippen LogP contribution in [-0.4, -0.2) is 42.1 Å². The monoisotopic (exact) mass is 518 g/mol. The van der Waals surface area contributed by atoms with Gasteiger partial charge in [0.15, 0.2) is 0 Å². The van der Waals surface area contributed by atoms with E-state index in [0.29, 0.717) is 24.0 Å². The molecule has 0 radical (unpaired) electrons. The molecular weight excluding hydrogens is 468 g/mol. The number of ketones is 1. The molecule has 0 aromatic rings. The molecule has 4 aliphatic carbocycles. The molecule has 1 N–H and O–H groups in total. The van der Waals surface area contributed by atoms with Crippen LogP contribution in [0.3, 0.4) is 0 Å². The van der Waals surface area contributed by atoms with Crippen LogP contribution in [0.2, 0.25) is 0 Å². The van der Waals surface area contributed by atoms with Gasteiger partial charge in [-0.1, -0.05) is 41.0 Å². The summed E-state index contributed by atoms with van der Waals surface area (Å²) in [6, 6.07) is 0. The zero-order chi connectivity index (χ0) is 27.3. The Morgan fingerprint density at radius 3 is 2.41 bits per heavy atom. The lowest BCUT2D eigenvalue weighted by Gasteiger charge is -2.65. The van der Waals surface area contributed by atoms with Crippen molar-refractivity contribution < 1.29 is 29.0 Å². The van der Waals surface area contributed by atoms with Crippen molar-refractivity contribution in [3.8, 4) is 0 Å². The third-order valence-electron chi connectivity index (χ3n) is 12.0. The first-order valence-corrected chi connectivity index (χ1v) is 14.9. The van der Waals surface area contributed by atoms with Crippen molar-refractivity contribution in [2.75, 3.05) is 7.11 Å². The molecule has 0 saturated heterocycles. The molecule has 3 unspecified atom stereocenters. The Hall–Kier alpha value is -1.43. The maximum atomic E-state index is 14.4. The third kappa shape index (κ3) is 4.47. The van der Waals surface area contributed by atoms with Crippen LogP contribution in [0, 0.1) is 58.2 Å². The van der Waals surface area contributed by atoms with Gasteiger partial charge < -0.3 is 14.6 Å². The summed E-state index contributed by atoms with van der Waals surface area (Å²) in [5, 5.41) is 12.2. The fourth-order valence-electron chi connectivity index (χ4n) is 10.5. The Labute approximate surface area is 223 Å². The largest absolute Gasteiger partial charge is 0.469 e. The number of esters is 2. The molecule has 0 aromatic heterocycles. The van der Waals surface area contributed by atoms with E-state index in [1.165, 1.54) is 14.0 Å². The second kappa shape index (κ2) is 10.6. The molecular formula is C31H50O6. The van der Waals surface area contributed by atoms with Gasteiger partial charge in [0.05, 0.1) is 13.2 Å². The molecule has 0 spiro atoms. The summed E-state index contributed by atoms with van der Waals surface area (Å²) in [6.07, 6.45) is 6.71. The second-order valence-corrected chi connectivity index (χ2v) is 13.3. The van der Waals surface area contributed by atoms with Crippen LogP contribution in [0.5, 0.6) is 0 Å². The fraction of sp³-hybridized carbons (Fsp3) is 0.903. The molecule has 4 aliphatic rings. The van der Waals surface area contributed by atoms with Crippen molar-refractivity contribution in [3.05, 3.63) is 0 Å². The van der Waals surface area contributed by atoms with Crippen molar-refractivity contribution in [2.24, 2.45) is 58.2 Å².